The first kappa shape index (κ1) is 13.6. The topological polar surface area (TPSA) is 40.5 Å². The van der Waals surface area contributed by atoms with Crippen LogP contribution in [-0.2, 0) is 4.79 Å². The Hall–Kier alpha value is -0.410. The van der Waals surface area contributed by atoms with Gasteiger partial charge in [0.05, 0.1) is 6.61 Å². The first-order valence-electron chi connectivity index (χ1n) is 5.28. The molecule has 0 bridgehead atoms. The molecule has 0 fully saturated rings. The molecule has 0 saturated heterocycles. The second-order valence-corrected chi connectivity index (χ2v) is 4.44. The number of Topliss-reactive ketones (excluding diaryl/α,β-unsaturated/α-hetero) is 1. The molecule has 0 aliphatic heterocycles. The number of aliphatic hydroxyl groups excluding tert-OH is 1. The Morgan fingerprint density at radius 3 is 2.29 bits per heavy atom. The van der Waals surface area contributed by atoms with Gasteiger partial charge in [0.15, 0.2) is 0 Å². The molecular weight excluding hydrogens is 178 g/mol. The molecule has 0 saturated carbocycles. The Kier molecular flexibility index (Phi) is 5.96. The van der Waals surface area contributed by atoms with Crippen LogP contribution in [0.2, 0.25) is 0 Å². The molecule has 84 valence electrons. The van der Waals surface area contributed by atoms with Crippen LogP contribution in [0.1, 0.15) is 34.1 Å². The van der Waals surface area contributed by atoms with Gasteiger partial charge in [0.1, 0.15) is 5.78 Å². The number of aliphatic hydroxyl groups is 1. The van der Waals surface area contributed by atoms with Gasteiger partial charge < -0.3 is 10.0 Å². The predicted molar refractivity (Wildman–Crippen MR) is 58.3 cm³/mol. The van der Waals surface area contributed by atoms with E-state index in [4.69, 9.17) is 5.11 Å². The van der Waals surface area contributed by atoms with Crippen molar-refractivity contribution < 1.29 is 9.90 Å². The molecule has 0 spiro atoms. The van der Waals surface area contributed by atoms with Gasteiger partial charge in [0.2, 0.25) is 0 Å². The maximum Gasteiger partial charge on any atom is 0.136 e. The third kappa shape index (κ3) is 4.72. The summed E-state index contributed by atoms with van der Waals surface area (Å²) in [6.45, 7) is 10.1. The average molecular weight is 201 g/mol. The Bertz CT molecular complexity index is 172. The van der Waals surface area contributed by atoms with Crippen LogP contribution in [-0.4, -0.2) is 42.0 Å². The smallest absolute Gasteiger partial charge is 0.136 e. The number of carbonyl (C=O) groups excluding carboxylic acids is 1. The summed E-state index contributed by atoms with van der Waals surface area (Å²) in [7, 11) is 0. The van der Waals surface area contributed by atoms with Crippen molar-refractivity contribution in [1.82, 2.24) is 4.90 Å². The third-order valence-electron chi connectivity index (χ3n) is 2.53. The average Bonchev–Trinajstić information content (AvgIpc) is 2.04. The molecular formula is C11H23NO2. The molecule has 0 aliphatic rings. The Balaban J connectivity index is 4.19. The molecule has 0 radical (unpaired) electrons. The van der Waals surface area contributed by atoms with Crippen molar-refractivity contribution in [1.29, 1.82) is 0 Å². The monoisotopic (exact) mass is 201 g/mol. The van der Waals surface area contributed by atoms with E-state index < -0.39 is 0 Å². The second kappa shape index (κ2) is 6.14. The zero-order valence-corrected chi connectivity index (χ0v) is 9.84. The quantitative estimate of drug-likeness (QED) is 0.675. The van der Waals surface area contributed by atoms with E-state index in [-0.39, 0.29) is 17.8 Å². The van der Waals surface area contributed by atoms with Gasteiger partial charge in [-0.05, 0) is 19.9 Å². The van der Waals surface area contributed by atoms with Gasteiger partial charge in [-0.1, -0.05) is 20.8 Å². The SMILES string of the molecule is CCCN(CCO)CC(C)(C)C(C)=O. The highest BCUT2D eigenvalue weighted by Gasteiger charge is 2.25. The molecule has 14 heavy (non-hydrogen) atoms. The summed E-state index contributed by atoms with van der Waals surface area (Å²) in [6, 6.07) is 0. The van der Waals surface area contributed by atoms with Crippen molar-refractivity contribution >= 4 is 5.78 Å². The fourth-order valence-electron chi connectivity index (χ4n) is 1.40. The van der Waals surface area contributed by atoms with Crippen LogP contribution >= 0.6 is 0 Å². The lowest BCUT2D eigenvalue weighted by atomic mass is 9.88. The highest BCUT2D eigenvalue weighted by molar-refractivity contribution is 5.81. The summed E-state index contributed by atoms with van der Waals surface area (Å²) in [5.41, 5.74) is -0.301. The van der Waals surface area contributed by atoms with Crippen molar-refractivity contribution in [2.24, 2.45) is 5.41 Å². The molecule has 3 heteroatoms. The number of carbonyl (C=O) groups is 1. The number of hydrogen-bond acceptors (Lipinski definition) is 3. The molecule has 0 aromatic rings. The first-order chi connectivity index (χ1) is 6.44. The highest BCUT2D eigenvalue weighted by Crippen LogP contribution is 2.18. The molecule has 0 atom stereocenters. The van der Waals surface area contributed by atoms with Crippen LogP contribution in [0, 0.1) is 5.41 Å². The number of ketones is 1. The minimum Gasteiger partial charge on any atom is -0.395 e. The molecule has 0 aromatic heterocycles. The van der Waals surface area contributed by atoms with E-state index in [1.165, 1.54) is 0 Å². The molecule has 3 nitrogen and oxygen atoms in total. The Morgan fingerprint density at radius 2 is 1.93 bits per heavy atom. The predicted octanol–water partition coefficient (Wildman–Crippen LogP) is 1.31. The van der Waals surface area contributed by atoms with Crippen LogP contribution in [0.25, 0.3) is 0 Å². The number of nitrogens with zero attached hydrogens (tertiary/aromatic N) is 1. The summed E-state index contributed by atoms with van der Waals surface area (Å²) in [5.74, 6) is 0.205. The van der Waals surface area contributed by atoms with E-state index in [1.54, 1.807) is 6.92 Å². The summed E-state index contributed by atoms with van der Waals surface area (Å²) in [5, 5.41) is 8.87. The van der Waals surface area contributed by atoms with E-state index in [2.05, 4.69) is 11.8 Å². The van der Waals surface area contributed by atoms with Crippen molar-refractivity contribution in [2.45, 2.75) is 34.1 Å². The van der Waals surface area contributed by atoms with Gasteiger partial charge in [0, 0.05) is 18.5 Å². The van der Waals surface area contributed by atoms with Crippen molar-refractivity contribution in [3.05, 3.63) is 0 Å². The molecule has 0 heterocycles. The first-order valence-corrected chi connectivity index (χ1v) is 5.28. The number of hydrogen-bond donors (Lipinski definition) is 1. The van der Waals surface area contributed by atoms with Gasteiger partial charge in [-0.3, -0.25) is 4.79 Å². The molecule has 0 aromatic carbocycles. The summed E-state index contributed by atoms with van der Waals surface area (Å²) >= 11 is 0. The Morgan fingerprint density at radius 1 is 1.36 bits per heavy atom. The zero-order chi connectivity index (χ0) is 11.2. The molecule has 0 rings (SSSR count). The van der Waals surface area contributed by atoms with E-state index >= 15 is 0 Å². The fraction of sp³-hybridized carbons (Fsp3) is 0.909. The minimum atomic E-state index is -0.301. The van der Waals surface area contributed by atoms with Crippen molar-refractivity contribution in [2.75, 3.05) is 26.2 Å². The van der Waals surface area contributed by atoms with Gasteiger partial charge >= 0.3 is 0 Å². The van der Waals surface area contributed by atoms with Crippen LogP contribution in [0.5, 0.6) is 0 Å². The van der Waals surface area contributed by atoms with Crippen LogP contribution in [0.15, 0.2) is 0 Å². The summed E-state index contributed by atoms with van der Waals surface area (Å²) in [4.78, 5) is 13.5. The maximum atomic E-state index is 11.3. The van der Waals surface area contributed by atoms with Gasteiger partial charge in [0.25, 0.3) is 0 Å². The van der Waals surface area contributed by atoms with Crippen LogP contribution in [0.3, 0.4) is 0 Å². The van der Waals surface area contributed by atoms with Crippen LogP contribution < -0.4 is 0 Å². The normalized spacial score (nSPS) is 12.1. The summed E-state index contributed by atoms with van der Waals surface area (Å²) in [6.07, 6.45) is 1.05. The second-order valence-electron chi connectivity index (χ2n) is 4.44. The molecule has 0 unspecified atom stereocenters. The van der Waals surface area contributed by atoms with Gasteiger partial charge in [-0.15, -0.1) is 0 Å². The van der Waals surface area contributed by atoms with E-state index in [0.717, 1.165) is 19.5 Å². The maximum absolute atomic E-state index is 11.3. The zero-order valence-electron chi connectivity index (χ0n) is 9.84. The highest BCUT2D eigenvalue weighted by atomic mass is 16.3. The lowest BCUT2D eigenvalue weighted by Gasteiger charge is -2.30. The fourth-order valence-corrected chi connectivity index (χ4v) is 1.40. The Labute approximate surface area is 87.1 Å². The largest absolute Gasteiger partial charge is 0.395 e. The van der Waals surface area contributed by atoms with Gasteiger partial charge in [-0.25, -0.2) is 0 Å². The number of rotatable bonds is 7. The van der Waals surface area contributed by atoms with E-state index in [9.17, 15) is 4.79 Å². The third-order valence-corrected chi connectivity index (χ3v) is 2.53. The molecule has 0 amide bonds. The molecule has 0 aliphatic carbocycles. The molecule has 1 N–H and O–H groups in total. The van der Waals surface area contributed by atoms with Crippen LogP contribution in [0.4, 0.5) is 0 Å². The van der Waals surface area contributed by atoms with Crippen molar-refractivity contribution in [3.63, 3.8) is 0 Å². The van der Waals surface area contributed by atoms with E-state index in [0.29, 0.717) is 6.54 Å². The summed E-state index contributed by atoms with van der Waals surface area (Å²) < 4.78 is 0. The minimum absolute atomic E-state index is 0.161. The lowest BCUT2D eigenvalue weighted by molar-refractivity contribution is -0.125. The van der Waals surface area contributed by atoms with Crippen molar-refractivity contribution in [3.8, 4) is 0 Å². The van der Waals surface area contributed by atoms with Gasteiger partial charge in [-0.2, -0.15) is 0 Å². The van der Waals surface area contributed by atoms with E-state index in [1.807, 2.05) is 13.8 Å². The standard InChI is InChI=1S/C11H23NO2/c1-5-6-12(7-8-13)9-11(3,4)10(2)14/h13H,5-9H2,1-4H3. The lowest BCUT2D eigenvalue weighted by Crippen LogP contribution is -2.40.